The Kier molecular flexibility index (Phi) is 3.86. The number of halogens is 2. The maximum atomic E-state index is 13.8. The molecule has 0 bridgehead atoms. The minimum Gasteiger partial charge on any atom is -0.497 e. The van der Waals surface area contributed by atoms with Gasteiger partial charge in [-0.25, -0.2) is 8.78 Å². The van der Waals surface area contributed by atoms with Crippen LogP contribution in [-0.4, -0.2) is 15.2 Å². The van der Waals surface area contributed by atoms with E-state index in [4.69, 9.17) is 4.74 Å². The largest absolute Gasteiger partial charge is 0.497 e. The Labute approximate surface area is 95.8 Å². The summed E-state index contributed by atoms with van der Waals surface area (Å²) in [5, 5.41) is 0. The van der Waals surface area contributed by atoms with Crippen LogP contribution in [0.2, 0.25) is 19.6 Å². The number of benzene rings is 1. The van der Waals surface area contributed by atoms with Crippen molar-refractivity contribution in [2.45, 2.75) is 19.6 Å². The molecule has 0 aromatic heterocycles. The van der Waals surface area contributed by atoms with Gasteiger partial charge < -0.3 is 4.74 Å². The van der Waals surface area contributed by atoms with Gasteiger partial charge in [-0.1, -0.05) is 19.6 Å². The predicted molar refractivity (Wildman–Crippen MR) is 65.5 cm³/mol. The molecule has 1 rings (SSSR count). The Morgan fingerprint density at radius 1 is 1.06 bits per heavy atom. The Morgan fingerprint density at radius 3 is 1.94 bits per heavy atom. The van der Waals surface area contributed by atoms with Crippen molar-refractivity contribution in [1.29, 1.82) is 0 Å². The summed E-state index contributed by atoms with van der Waals surface area (Å²) in [6.07, 6.45) is 0. The summed E-state index contributed by atoms with van der Waals surface area (Å²) in [6, 6.07) is 6.28. The molecule has 0 spiro atoms. The van der Waals surface area contributed by atoms with Crippen LogP contribution in [-0.2, 0) is 0 Å². The van der Waals surface area contributed by atoms with Crippen LogP contribution in [0.5, 0.6) is 5.75 Å². The molecule has 1 nitrogen and oxygen atoms in total. The van der Waals surface area contributed by atoms with Crippen molar-refractivity contribution in [3.63, 3.8) is 0 Å². The lowest BCUT2D eigenvalue weighted by Gasteiger charge is -2.14. The monoisotopic (exact) mass is 242 g/mol. The first kappa shape index (κ1) is 12.9. The van der Waals surface area contributed by atoms with Gasteiger partial charge in [0.25, 0.3) is 0 Å². The van der Waals surface area contributed by atoms with E-state index in [9.17, 15) is 8.78 Å². The standard InChI is InChI=1S/C12H16F2OSi/c1-15-10-7-5-9(6-8-10)11(13)12(14)16(2,3)4/h5-8H,1-4H3/b12-11-. The second-order valence-electron chi connectivity index (χ2n) is 4.61. The summed E-state index contributed by atoms with van der Waals surface area (Å²) in [4.78, 5) is 0. The average molecular weight is 242 g/mol. The van der Waals surface area contributed by atoms with Crippen molar-refractivity contribution in [2.24, 2.45) is 0 Å². The van der Waals surface area contributed by atoms with Gasteiger partial charge in [0, 0.05) is 5.56 Å². The highest BCUT2D eigenvalue weighted by Crippen LogP contribution is 2.28. The Balaban J connectivity index is 3.09. The topological polar surface area (TPSA) is 9.23 Å². The molecule has 0 heterocycles. The van der Waals surface area contributed by atoms with Crippen LogP contribution in [0.15, 0.2) is 29.7 Å². The van der Waals surface area contributed by atoms with Gasteiger partial charge in [-0.3, -0.25) is 0 Å². The first-order valence-electron chi connectivity index (χ1n) is 5.06. The average Bonchev–Trinajstić information content (AvgIpc) is 2.26. The molecule has 0 atom stereocenters. The lowest BCUT2D eigenvalue weighted by molar-refractivity contribution is 0.414. The first-order valence-corrected chi connectivity index (χ1v) is 8.56. The van der Waals surface area contributed by atoms with Gasteiger partial charge in [-0.2, -0.15) is 0 Å². The smallest absolute Gasteiger partial charge is 0.156 e. The lowest BCUT2D eigenvalue weighted by atomic mass is 10.2. The zero-order valence-electron chi connectivity index (χ0n) is 9.97. The molecule has 0 amide bonds. The number of rotatable bonds is 3. The molecule has 0 radical (unpaired) electrons. The zero-order valence-corrected chi connectivity index (χ0v) is 11.0. The quantitative estimate of drug-likeness (QED) is 0.722. The van der Waals surface area contributed by atoms with E-state index in [1.54, 1.807) is 31.8 Å². The Morgan fingerprint density at radius 2 is 1.56 bits per heavy atom. The molecule has 0 saturated carbocycles. The third-order valence-corrected chi connectivity index (χ3v) is 3.73. The second kappa shape index (κ2) is 4.78. The molecule has 16 heavy (non-hydrogen) atoms. The van der Waals surface area contributed by atoms with E-state index in [0.717, 1.165) is 0 Å². The van der Waals surface area contributed by atoms with Gasteiger partial charge >= 0.3 is 0 Å². The van der Waals surface area contributed by atoms with Crippen LogP contribution in [0.1, 0.15) is 5.56 Å². The van der Waals surface area contributed by atoms with Crippen molar-refractivity contribution >= 4 is 13.9 Å². The molecule has 0 fully saturated rings. The van der Waals surface area contributed by atoms with E-state index >= 15 is 0 Å². The number of hydrogen-bond donors (Lipinski definition) is 0. The minimum absolute atomic E-state index is 0.265. The van der Waals surface area contributed by atoms with Crippen LogP contribution in [0.25, 0.3) is 5.83 Å². The predicted octanol–water partition coefficient (Wildman–Crippen LogP) is 4.18. The van der Waals surface area contributed by atoms with Crippen LogP contribution in [0, 0.1) is 0 Å². The second-order valence-corrected chi connectivity index (χ2v) is 9.55. The third kappa shape index (κ3) is 2.92. The van der Waals surface area contributed by atoms with Crippen molar-refractivity contribution in [2.75, 3.05) is 7.11 Å². The summed E-state index contributed by atoms with van der Waals surface area (Å²) >= 11 is 0. The first-order chi connectivity index (χ1) is 7.36. The van der Waals surface area contributed by atoms with Gasteiger partial charge in [0.2, 0.25) is 0 Å². The normalized spacial score (nSPS) is 13.4. The molecule has 0 saturated heterocycles. The molecular weight excluding hydrogens is 226 g/mol. The Hall–Kier alpha value is -1.16. The minimum atomic E-state index is -2.22. The van der Waals surface area contributed by atoms with Crippen LogP contribution in [0.3, 0.4) is 0 Å². The molecule has 1 aromatic carbocycles. The van der Waals surface area contributed by atoms with Crippen LogP contribution in [0.4, 0.5) is 8.78 Å². The van der Waals surface area contributed by atoms with Gasteiger partial charge in [-0.05, 0) is 24.3 Å². The van der Waals surface area contributed by atoms with Crippen LogP contribution < -0.4 is 4.74 Å². The third-order valence-electron chi connectivity index (χ3n) is 2.19. The number of hydrogen-bond acceptors (Lipinski definition) is 1. The summed E-state index contributed by atoms with van der Waals surface area (Å²) < 4.78 is 32.4. The van der Waals surface area contributed by atoms with Gasteiger partial charge in [0.05, 0.1) is 7.11 Å². The van der Waals surface area contributed by atoms with E-state index in [0.29, 0.717) is 5.75 Å². The molecular formula is C12H16F2OSi. The van der Waals surface area contributed by atoms with Gasteiger partial charge in [0.1, 0.15) is 19.3 Å². The molecule has 1 aromatic rings. The lowest BCUT2D eigenvalue weighted by Crippen LogP contribution is -2.22. The molecule has 88 valence electrons. The zero-order chi connectivity index (χ0) is 12.3. The fraction of sp³-hybridized carbons (Fsp3) is 0.333. The van der Waals surface area contributed by atoms with Crippen molar-refractivity contribution in [1.82, 2.24) is 0 Å². The van der Waals surface area contributed by atoms with Crippen molar-refractivity contribution < 1.29 is 13.5 Å². The SMILES string of the molecule is COc1ccc(/C(F)=C(\F)[Si](C)(C)C)cc1. The van der Waals surface area contributed by atoms with E-state index < -0.39 is 19.4 Å². The summed E-state index contributed by atoms with van der Waals surface area (Å²) in [6.45, 7) is 5.31. The van der Waals surface area contributed by atoms with E-state index in [1.807, 2.05) is 0 Å². The summed E-state index contributed by atoms with van der Waals surface area (Å²) in [5.41, 5.74) is -0.335. The fourth-order valence-corrected chi connectivity index (χ4v) is 2.00. The molecule has 0 N–H and O–H groups in total. The van der Waals surface area contributed by atoms with Crippen LogP contribution >= 0.6 is 0 Å². The number of ether oxygens (including phenoxy) is 1. The maximum absolute atomic E-state index is 13.8. The van der Waals surface area contributed by atoms with Crippen molar-refractivity contribution in [3.05, 3.63) is 35.3 Å². The summed E-state index contributed by atoms with van der Waals surface area (Å²) in [7, 11) is -0.690. The molecule has 0 aliphatic carbocycles. The number of methoxy groups -OCH3 is 1. The van der Waals surface area contributed by atoms with Gasteiger partial charge in [-0.15, -0.1) is 0 Å². The highest BCUT2D eigenvalue weighted by atomic mass is 28.3. The van der Waals surface area contributed by atoms with Crippen molar-refractivity contribution in [3.8, 4) is 5.75 Å². The molecule has 0 unspecified atom stereocenters. The molecule has 0 aliphatic heterocycles. The van der Waals surface area contributed by atoms with Gasteiger partial charge in [0.15, 0.2) is 5.83 Å². The highest BCUT2D eigenvalue weighted by molar-refractivity contribution is 6.83. The van der Waals surface area contributed by atoms with E-state index in [1.165, 1.54) is 19.2 Å². The Bertz CT molecular complexity index is 390. The van der Waals surface area contributed by atoms with E-state index in [2.05, 4.69) is 0 Å². The maximum Gasteiger partial charge on any atom is 0.156 e. The van der Waals surface area contributed by atoms with E-state index in [-0.39, 0.29) is 5.56 Å². The molecule has 0 aliphatic rings. The fourth-order valence-electron chi connectivity index (χ4n) is 1.19. The highest BCUT2D eigenvalue weighted by Gasteiger charge is 2.25. The summed E-state index contributed by atoms with van der Waals surface area (Å²) in [5.74, 6) is -0.119. The molecule has 4 heteroatoms.